The molecule has 0 aromatic rings. The molecule has 0 radical (unpaired) electrons. The Kier molecular flexibility index (Phi) is 3.88. The fourth-order valence-electron chi connectivity index (χ4n) is 5.75. The molecule has 2 N–H and O–H groups in total. The van der Waals surface area contributed by atoms with Crippen LogP contribution in [0.25, 0.3) is 0 Å². The minimum absolute atomic E-state index is 0.00441. The summed E-state index contributed by atoms with van der Waals surface area (Å²) < 4.78 is 0. The molecule has 128 valence electrons. The van der Waals surface area contributed by atoms with E-state index in [-0.39, 0.29) is 18.4 Å². The minimum atomic E-state index is -0.629. The van der Waals surface area contributed by atoms with Crippen LogP contribution in [0.5, 0.6) is 0 Å². The molecule has 1 heterocycles. The van der Waals surface area contributed by atoms with Crippen molar-refractivity contribution in [1.82, 2.24) is 10.2 Å². The van der Waals surface area contributed by atoms with E-state index in [2.05, 4.69) is 5.32 Å². The molecule has 2 amide bonds. The van der Waals surface area contributed by atoms with Crippen LogP contribution in [0.4, 0.5) is 0 Å². The van der Waals surface area contributed by atoms with Gasteiger partial charge in [-0.05, 0) is 50.4 Å². The van der Waals surface area contributed by atoms with Crippen LogP contribution in [0.2, 0.25) is 0 Å². The van der Waals surface area contributed by atoms with Gasteiger partial charge in [-0.1, -0.05) is 0 Å². The second kappa shape index (κ2) is 5.66. The molecule has 1 aliphatic heterocycles. The van der Waals surface area contributed by atoms with Gasteiger partial charge in [0.15, 0.2) is 0 Å². The number of aliphatic hydroxyl groups is 1. The molecule has 2 atom stereocenters. The summed E-state index contributed by atoms with van der Waals surface area (Å²) in [5, 5.41) is 13.6. The first-order chi connectivity index (χ1) is 11.0. The Morgan fingerprint density at radius 3 is 2.39 bits per heavy atom. The van der Waals surface area contributed by atoms with Crippen molar-refractivity contribution >= 4 is 23.6 Å². The van der Waals surface area contributed by atoms with Gasteiger partial charge in [0, 0.05) is 24.6 Å². The first-order valence-electron chi connectivity index (χ1n) is 8.84. The van der Waals surface area contributed by atoms with Gasteiger partial charge in [0.05, 0.1) is 17.6 Å². The van der Waals surface area contributed by atoms with Crippen LogP contribution in [-0.4, -0.2) is 58.6 Å². The van der Waals surface area contributed by atoms with Crippen LogP contribution < -0.4 is 5.32 Å². The SMILES string of the molecule is O=C(CNC(=O)C12CC3CC(CC(O)(C3)C1)C2)N1CCSCC1. The molecule has 5 aliphatic rings. The van der Waals surface area contributed by atoms with Gasteiger partial charge in [0.25, 0.3) is 0 Å². The van der Waals surface area contributed by atoms with E-state index in [9.17, 15) is 14.7 Å². The van der Waals surface area contributed by atoms with Gasteiger partial charge in [-0.3, -0.25) is 9.59 Å². The highest BCUT2D eigenvalue weighted by Crippen LogP contribution is 2.61. The normalized spacial score (nSPS) is 41.9. The number of nitrogens with one attached hydrogen (secondary N) is 1. The van der Waals surface area contributed by atoms with Gasteiger partial charge in [-0.15, -0.1) is 0 Å². The summed E-state index contributed by atoms with van der Waals surface area (Å²) in [7, 11) is 0. The molecule has 5 nitrogen and oxygen atoms in total. The van der Waals surface area contributed by atoms with E-state index in [0.29, 0.717) is 18.3 Å². The van der Waals surface area contributed by atoms with E-state index in [1.165, 1.54) is 6.42 Å². The number of rotatable bonds is 3. The third-order valence-electron chi connectivity index (χ3n) is 6.28. The zero-order valence-corrected chi connectivity index (χ0v) is 14.4. The van der Waals surface area contributed by atoms with Gasteiger partial charge >= 0.3 is 0 Å². The number of hydrogen-bond donors (Lipinski definition) is 2. The Balaban J connectivity index is 1.38. The standard InChI is InChI=1S/C17H26N2O3S/c20-14(19-1-3-23-4-2-19)10-18-15(21)16-6-12-5-13(7-16)9-17(22,8-12)11-16/h12-13,22H,1-11H2,(H,18,21). The number of thioether (sulfide) groups is 1. The van der Waals surface area contributed by atoms with Crippen molar-refractivity contribution in [2.75, 3.05) is 31.1 Å². The predicted octanol–water partition coefficient (Wildman–Crippen LogP) is 1.01. The van der Waals surface area contributed by atoms with Crippen LogP contribution in [-0.2, 0) is 9.59 Å². The number of carbonyl (C=O) groups is 2. The van der Waals surface area contributed by atoms with Crippen LogP contribution in [0.15, 0.2) is 0 Å². The lowest BCUT2D eigenvalue weighted by Crippen LogP contribution is -2.60. The monoisotopic (exact) mass is 338 g/mol. The average Bonchev–Trinajstić information content (AvgIpc) is 2.50. The van der Waals surface area contributed by atoms with E-state index in [0.717, 1.165) is 50.3 Å². The largest absolute Gasteiger partial charge is 0.390 e. The quantitative estimate of drug-likeness (QED) is 0.806. The highest BCUT2D eigenvalue weighted by Gasteiger charge is 2.60. The molecule has 23 heavy (non-hydrogen) atoms. The molecule has 4 bridgehead atoms. The fraction of sp³-hybridized carbons (Fsp3) is 0.882. The van der Waals surface area contributed by atoms with E-state index in [1.54, 1.807) is 0 Å². The molecular weight excluding hydrogens is 312 g/mol. The Labute approximate surface area is 141 Å². The lowest BCUT2D eigenvalue weighted by Gasteiger charge is -2.59. The Bertz CT molecular complexity index is 504. The topological polar surface area (TPSA) is 69.6 Å². The summed E-state index contributed by atoms with van der Waals surface area (Å²) in [6, 6.07) is 0. The number of carbonyl (C=O) groups excluding carboxylic acids is 2. The molecule has 0 aromatic carbocycles. The van der Waals surface area contributed by atoms with Crippen LogP contribution in [0.3, 0.4) is 0 Å². The molecule has 5 rings (SSSR count). The summed E-state index contributed by atoms with van der Waals surface area (Å²) in [6.45, 7) is 1.68. The van der Waals surface area contributed by atoms with Gasteiger partial charge in [-0.25, -0.2) is 0 Å². The summed E-state index contributed by atoms with van der Waals surface area (Å²) in [4.78, 5) is 26.9. The first kappa shape index (κ1) is 15.8. The minimum Gasteiger partial charge on any atom is -0.390 e. The molecule has 4 saturated carbocycles. The second-order valence-corrected chi connectivity index (χ2v) is 9.37. The molecule has 4 aliphatic carbocycles. The van der Waals surface area contributed by atoms with E-state index in [4.69, 9.17) is 0 Å². The lowest BCUT2D eigenvalue weighted by molar-refractivity contribution is -0.178. The third kappa shape index (κ3) is 2.88. The van der Waals surface area contributed by atoms with Crippen molar-refractivity contribution in [3.63, 3.8) is 0 Å². The number of amides is 2. The maximum Gasteiger partial charge on any atom is 0.242 e. The van der Waals surface area contributed by atoms with Crippen LogP contribution in [0.1, 0.15) is 38.5 Å². The molecule has 6 heteroatoms. The Morgan fingerprint density at radius 1 is 1.13 bits per heavy atom. The molecule has 0 spiro atoms. The summed E-state index contributed by atoms with van der Waals surface area (Å²) in [6.07, 6.45) is 5.28. The number of hydrogen-bond acceptors (Lipinski definition) is 4. The van der Waals surface area contributed by atoms with E-state index >= 15 is 0 Å². The second-order valence-electron chi connectivity index (χ2n) is 8.14. The van der Waals surface area contributed by atoms with E-state index in [1.807, 2.05) is 16.7 Å². The van der Waals surface area contributed by atoms with Crippen LogP contribution >= 0.6 is 11.8 Å². The van der Waals surface area contributed by atoms with Crippen molar-refractivity contribution in [2.24, 2.45) is 17.3 Å². The molecule has 0 aromatic heterocycles. The smallest absolute Gasteiger partial charge is 0.242 e. The lowest BCUT2D eigenvalue weighted by atomic mass is 9.47. The van der Waals surface area contributed by atoms with Crippen molar-refractivity contribution in [3.8, 4) is 0 Å². The fourth-order valence-corrected chi connectivity index (χ4v) is 6.65. The Hall–Kier alpha value is -0.750. The van der Waals surface area contributed by atoms with E-state index < -0.39 is 11.0 Å². The molecule has 5 fully saturated rings. The summed E-state index contributed by atoms with van der Waals surface area (Å²) in [5.41, 5.74) is -1.05. The first-order valence-corrected chi connectivity index (χ1v) is 10.00. The Morgan fingerprint density at radius 2 is 1.78 bits per heavy atom. The van der Waals surface area contributed by atoms with Crippen molar-refractivity contribution in [2.45, 2.75) is 44.1 Å². The van der Waals surface area contributed by atoms with Crippen molar-refractivity contribution in [3.05, 3.63) is 0 Å². The third-order valence-corrected chi connectivity index (χ3v) is 7.22. The average molecular weight is 338 g/mol. The van der Waals surface area contributed by atoms with Gasteiger partial charge in [-0.2, -0.15) is 11.8 Å². The van der Waals surface area contributed by atoms with Crippen molar-refractivity contribution in [1.29, 1.82) is 0 Å². The molecular formula is C17H26N2O3S. The summed E-state index contributed by atoms with van der Waals surface area (Å²) >= 11 is 1.87. The van der Waals surface area contributed by atoms with Gasteiger partial charge < -0.3 is 15.3 Å². The molecule has 1 saturated heterocycles. The highest BCUT2D eigenvalue weighted by atomic mass is 32.2. The van der Waals surface area contributed by atoms with Gasteiger partial charge in [0.2, 0.25) is 11.8 Å². The maximum absolute atomic E-state index is 12.8. The highest BCUT2D eigenvalue weighted by molar-refractivity contribution is 7.99. The van der Waals surface area contributed by atoms with Crippen molar-refractivity contribution < 1.29 is 14.7 Å². The zero-order valence-electron chi connectivity index (χ0n) is 13.6. The predicted molar refractivity (Wildman–Crippen MR) is 89.0 cm³/mol. The van der Waals surface area contributed by atoms with Crippen LogP contribution in [0, 0.1) is 17.3 Å². The zero-order chi connectivity index (χ0) is 16.1. The maximum atomic E-state index is 12.8. The molecule has 2 unspecified atom stereocenters. The number of nitrogens with zero attached hydrogens (tertiary/aromatic N) is 1. The van der Waals surface area contributed by atoms with Gasteiger partial charge in [0.1, 0.15) is 0 Å². The summed E-state index contributed by atoms with van der Waals surface area (Å²) in [5.74, 6) is 2.98.